The van der Waals surface area contributed by atoms with Crippen molar-refractivity contribution in [1.29, 1.82) is 0 Å². The van der Waals surface area contributed by atoms with Crippen molar-refractivity contribution in [3.63, 3.8) is 0 Å². The molecule has 0 aromatic carbocycles. The topological polar surface area (TPSA) is 49.4 Å². The number of imide groups is 1. The van der Waals surface area contributed by atoms with Crippen molar-refractivity contribution < 1.29 is 9.59 Å². The van der Waals surface area contributed by atoms with Gasteiger partial charge in [0.15, 0.2) is 0 Å². The molecule has 2 rings (SSSR count). The number of likely N-dealkylation sites (tertiary alicyclic amines) is 1. The Morgan fingerprint density at radius 1 is 1.29 bits per heavy atom. The Balaban J connectivity index is 2.05. The first kappa shape index (κ1) is 12.3. The molecule has 17 heavy (non-hydrogen) atoms. The highest BCUT2D eigenvalue weighted by Crippen LogP contribution is 2.35. The molecule has 0 radical (unpaired) electrons. The molecule has 0 bridgehead atoms. The minimum Gasteiger partial charge on any atom is -0.319 e. The quantitative estimate of drug-likeness (QED) is 0.580. The van der Waals surface area contributed by atoms with E-state index in [4.69, 9.17) is 0 Å². The van der Waals surface area contributed by atoms with Crippen LogP contribution in [-0.4, -0.2) is 36.9 Å². The third-order valence-electron chi connectivity index (χ3n) is 3.65. The van der Waals surface area contributed by atoms with Gasteiger partial charge in [-0.05, 0) is 32.4 Å². The summed E-state index contributed by atoms with van der Waals surface area (Å²) >= 11 is 0. The SMILES string of the molecule is CNCC(C)CN1C(=O)[C@H]2CC=CC[C@H]2C1=O. The average molecular weight is 236 g/mol. The van der Waals surface area contributed by atoms with Crippen molar-refractivity contribution in [3.05, 3.63) is 12.2 Å². The van der Waals surface area contributed by atoms with Gasteiger partial charge < -0.3 is 5.32 Å². The van der Waals surface area contributed by atoms with Gasteiger partial charge in [-0.1, -0.05) is 19.1 Å². The lowest BCUT2D eigenvalue weighted by Gasteiger charge is -2.19. The number of fused-ring (bicyclic) bond motifs is 1. The number of hydrogen-bond donors (Lipinski definition) is 1. The second kappa shape index (κ2) is 5.00. The Kier molecular flexibility index (Phi) is 3.62. The van der Waals surface area contributed by atoms with Crippen molar-refractivity contribution in [2.24, 2.45) is 17.8 Å². The number of hydrogen-bond acceptors (Lipinski definition) is 3. The number of allylic oxidation sites excluding steroid dienone is 2. The highest BCUT2D eigenvalue weighted by atomic mass is 16.2. The van der Waals surface area contributed by atoms with Crippen LogP contribution in [0.4, 0.5) is 0 Å². The number of nitrogens with one attached hydrogen (secondary N) is 1. The molecule has 0 aromatic rings. The summed E-state index contributed by atoms with van der Waals surface area (Å²) in [6, 6.07) is 0. The lowest BCUT2D eigenvalue weighted by molar-refractivity contribution is -0.140. The molecule has 94 valence electrons. The van der Waals surface area contributed by atoms with Gasteiger partial charge in [-0.3, -0.25) is 14.5 Å². The monoisotopic (exact) mass is 236 g/mol. The van der Waals surface area contributed by atoms with Crippen LogP contribution >= 0.6 is 0 Å². The zero-order valence-corrected chi connectivity index (χ0v) is 10.5. The molecule has 0 saturated carbocycles. The first-order chi connectivity index (χ1) is 8.15. The maximum absolute atomic E-state index is 12.1. The highest BCUT2D eigenvalue weighted by molar-refractivity contribution is 6.05. The predicted molar refractivity (Wildman–Crippen MR) is 65.2 cm³/mol. The molecule has 4 heteroatoms. The van der Waals surface area contributed by atoms with Crippen LogP contribution in [0.15, 0.2) is 12.2 Å². The molecule has 3 atom stereocenters. The first-order valence-corrected chi connectivity index (χ1v) is 6.30. The third kappa shape index (κ3) is 2.27. The standard InChI is InChI=1S/C13H20N2O2/c1-9(7-14-2)8-15-12(16)10-5-3-4-6-11(10)13(15)17/h3-4,9-11,14H,5-8H2,1-2H3/t9?,10-,11+. The van der Waals surface area contributed by atoms with Crippen molar-refractivity contribution in [2.75, 3.05) is 20.1 Å². The number of carbonyl (C=O) groups excluding carboxylic acids is 2. The Morgan fingerprint density at radius 3 is 2.29 bits per heavy atom. The van der Waals surface area contributed by atoms with Crippen LogP contribution in [-0.2, 0) is 9.59 Å². The summed E-state index contributed by atoms with van der Waals surface area (Å²) in [4.78, 5) is 25.8. The Hall–Kier alpha value is -1.16. The van der Waals surface area contributed by atoms with Crippen LogP contribution in [0.25, 0.3) is 0 Å². The van der Waals surface area contributed by atoms with Gasteiger partial charge in [0.1, 0.15) is 0 Å². The van der Waals surface area contributed by atoms with Crippen LogP contribution in [0.5, 0.6) is 0 Å². The molecular weight excluding hydrogens is 216 g/mol. The van der Waals surface area contributed by atoms with Crippen LogP contribution in [0.3, 0.4) is 0 Å². The second-order valence-corrected chi connectivity index (χ2v) is 5.11. The largest absolute Gasteiger partial charge is 0.319 e. The van der Waals surface area contributed by atoms with Crippen LogP contribution in [0.1, 0.15) is 19.8 Å². The van der Waals surface area contributed by atoms with E-state index in [9.17, 15) is 9.59 Å². The summed E-state index contributed by atoms with van der Waals surface area (Å²) in [5, 5.41) is 3.07. The van der Waals surface area contributed by atoms with E-state index in [-0.39, 0.29) is 23.7 Å². The fraction of sp³-hybridized carbons (Fsp3) is 0.692. The molecule has 2 amide bonds. The van der Waals surface area contributed by atoms with E-state index in [0.717, 1.165) is 19.4 Å². The Labute approximate surface area is 102 Å². The zero-order valence-electron chi connectivity index (χ0n) is 10.5. The average Bonchev–Trinajstić information content (AvgIpc) is 2.56. The second-order valence-electron chi connectivity index (χ2n) is 5.11. The van der Waals surface area contributed by atoms with Gasteiger partial charge in [0, 0.05) is 6.54 Å². The van der Waals surface area contributed by atoms with E-state index in [2.05, 4.69) is 12.2 Å². The van der Waals surface area contributed by atoms with E-state index in [1.165, 1.54) is 4.90 Å². The van der Waals surface area contributed by atoms with Crippen LogP contribution < -0.4 is 5.32 Å². The summed E-state index contributed by atoms with van der Waals surface area (Å²) in [6.07, 6.45) is 5.50. The van der Waals surface area contributed by atoms with Gasteiger partial charge in [-0.2, -0.15) is 0 Å². The maximum atomic E-state index is 12.1. The van der Waals surface area contributed by atoms with E-state index in [1.807, 2.05) is 19.2 Å². The molecular formula is C13H20N2O2. The van der Waals surface area contributed by atoms with Gasteiger partial charge >= 0.3 is 0 Å². The highest BCUT2D eigenvalue weighted by Gasteiger charge is 2.47. The molecule has 1 saturated heterocycles. The van der Waals surface area contributed by atoms with Crippen molar-refractivity contribution >= 4 is 11.8 Å². The number of rotatable bonds is 4. The first-order valence-electron chi connectivity index (χ1n) is 6.30. The van der Waals surface area contributed by atoms with Gasteiger partial charge in [-0.15, -0.1) is 0 Å². The minimum absolute atomic E-state index is 0.0345. The Morgan fingerprint density at radius 2 is 1.82 bits per heavy atom. The van der Waals surface area contributed by atoms with Crippen LogP contribution in [0, 0.1) is 17.8 Å². The molecule has 0 aromatic heterocycles. The number of carbonyl (C=O) groups is 2. The van der Waals surface area contributed by atoms with Gasteiger partial charge in [0.25, 0.3) is 0 Å². The maximum Gasteiger partial charge on any atom is 0.233 e. The molecule has 4 nitrogen and oxygen atoms in total. The van der Waals surface area contributed by atoms with E-state index < -0.39 is 0 Å². The molecule has 1 aliphatic heterocycles. The molecule has 0 spiro atoms. The van der Waals surface area contributed by atoms with Crippen molar-refractivity contribution in [3.8, 4) is 0 Å². The fourth-order valence-electron chi connectivity index (χ4n) is 2.77. The minimum atomic E-state index is -0.0886. The van der Waals surface area contributed by atoms with Crippen LogP contribution in [0.2, 0.25) is 0 Å². The third-order valence-corrected chi connectivity index (χ3v) is 3.65. The van der Waals surface area contributed by atoms with E-state index >= 15 is 0 Å². The van der Waals surface area contributed by atoms with Crippen molar-refractivity contribution in [1.82, 2.24) is 10.2 Å². The molecule has 1 aliphatic carbocycles. The van der Waals surface area contributed by atoms with Gasteiger partial charge in [-0.25, -0.2) is 0 Å². The summed E-state index contributed by atoms with van der Waals surface area (Å²) in [5.41, 5.74) is 0. The van der Waals surface area contributed by atoms with Crippen molar-refractivity contribution in [2.45, 2.75) is 19.8 Å². The smallest absolute Gasteiger partial charge is 0.233 e. The van der Waals surface area contributed by atoms with E-state index in [1.54, 1.807) is 0 Å². The molecule has 2 aliphatic rings. The molecule has 1 fully saturated rings. The predicted octanol–water partition coefficient (Wildman–Crippen LogP) is 0.793. The molecule has 1 heterocycles. The lowest BCUT2D eigenvalue weighted by atomic mass is 9.85. The van der Waals surface area contributed by atoms with E-state index in [0.29, 0.717) is 12.5 Å². The summed E-state index contributed by atoms with van der Waals surface area (Å²) < 4.78 is 0. The number of amides is 2. The summed E-state index contributed by atoms with van der Waals surface area (Å²) in [6.45, 7) is 3.42. The van der Waals surface area contributed by atoms with Gasteiger partial charge in [0.05, 0.1) is 11.8 Å². The fourth-order valence-corrected chi connectivity index (χ4v) is 2.77. The van der Waals surface area contributed by atoms with Gasteiger partial charge in [0.2, 0.25) is 11.8 Å². The summed E-state index contributed by atoms with van der Waals surface area (Å²) in [5.74, 6) is 0.198. The molecule has 1 unspecified atom stereocenters. The summed E-state index contributed by atoms with van der Waals surface area (Å²) in [7, 11) is 1.88. The normalized spacial score (nSPS) is 29.6. The molecule has 1 N–H and O–H groups in total. The lowest BCUT2D eigenvalue weighted by Crippen LogP contribution is -2.37. The Bertz CT molecular complexity index is 325. The zero-order chi connectivity index (χ0) is 12.4. The number of nitrogens with zero attached hydrogens (tertiary/aromatic N) is 1.